The minimum absolute atomic E-state index is 0.0580. The molecule has 0 saturated carbocycles. The van der Waals surface area contributed by atoms with Gasteiger partial charge in [-0.25, -0.2) is 4.79 Å². The Hall–Kier alpha value is -2.80. The number of rotatable bonds is 6. The summed E-state index contributed by atoms with van der Waals surface area (Å²) in [6.07, 6.45) is 0.233. The van der Waals surface area contributed by atoms with Crippen molar-refractivity contribution in [3.8, 4) is 0 Å². The zero-order valence-corrected chi connectivity index (χ0v) is 17.3. The minimum Gasteiger partial charge on any atom is -0.462 e. The highest BCUT2D eigenvalue weighted by molar-refractivity contribution is 8.00. The van der Waals surface area contributed by atoms with E-state index in [1.54, 1.807) is 47.9 Å². The number of carbonyl (C=O) groups excluding carboxylic acids is 3. The van der Waals surface area contributed by atoms with Gasteiger partial charge in [0.1, 0.15) is 0 Å². The third-order valence-electron chi connectivity index (χ3n) is 4.47. The molecule has 0 radical (unpaired) electrons. The van der Waals surface area contributed by atoms with Crippen LogP contribution < -0.4 is 10.2 Å². The van der Waals surface area contributed by atoms with E-state index in [0.29, 0.717) is 29.7 Å². The van der Waals surface area contributed by atoms with Crippen molar-refractivity contribution in [1.29, 1.82) is 0 Å². The standard InChI is InChI=1S/C22H24N2O4S/c1-3-28-22(27)16-8-10-17(11-9-16)23-20(25)12-13-21(26)24-14-15(2)29-19-7-5-4-6-18(19)24/h4-11,15H,3,12-14H2,1-2H3,(H,23,25)/t15-/m0/s1. The number of hydrogen-bond donors (Lipinski definition) is 1. The zero-order valence-electron chi connectivity index (χ0n) is 16.5. The van der Waals surface area contributed by atoms with Gasteiger partial charge in [0.2, 0.25) is 11.8 Å². The fourth-order valence-corrected chi connectivity index (χ4v) is 4.22. The topological polar surface area (TPSA) is 75.7 Å². The smallest absolute Gasteiger partial charge is 0.338 e. The van der Waals surface area contributed by atoms with Crippen molar-refractivity contribution in [2.75, 3.05) is 23.4 Å². The predicted octanol–water partition coefficient (Wildman–Crippen LogP) is 4.11. The van der Waals surface area contributed by atoms with Gasteiger partial charge in [-0.3, -0.25) is 9.59 Å². The molecule has 1 N–H and O–H groups in total. The summed E-state index contributed by atoms with van der Waals surface area (Å²) in [6, 6.07) is 14.3. The Morgan fingerprint density at radius 2 is 1.83 bits per heavy atom. The van der Waals surface area contributed by atoms with Crippen molar-refractivity contribution < 1.29 is 19.1 Å². The third kappa shape index (κ3) is 5.38. The lowest BCUT2D eigenvalue weighted by molar-refractivity contribution is -0.122. The summed E-state index contributed by atoms with van der Waals surface area (Å²) in [6.45, 7) is 4.78. The Bertz CT molecular complexity index is 898. The van der Waals surface area contributed by atoms with Crippen LogP contribution in [0.4, 0.5) is 11.4 Å². The maximum atomic E-state index is 12.7. The highest BCUT2D eigenvalue weighted by Gasteiger charge is 2.26. The van der Waals surface area contributed by atoms with Crippen LogP contribution in [0.15, 0.2) is 53.4 Å². The number of para-hydroxylation sites is 1. The van der Waals surface area contributed by atoms with Crippen LogP contribution in [0.5, 0.6) is 0 Å². The first kappa shape index (κ1) is 20.9. The number of carbonyl (C=O) groups is 3. The largest absolute Gasteiger partial charge is 0.462 e. The van der Waals surface area contributed by atoms with Gasteiger partial charge in [0.25, 0.3) is 0 Å². The van der Waals surface area contributed by atoms with Crippen LogP contribution in [0, 0.1) is 0 Å². The molecule has 0 unspecified atom stereocenters. The van der Waals surface area contributed by atoms with Crippen LogP contribution in [0.2, 0.25) is 0 Å². The first-order valence-electron chi connectivity index (χ1n) is 9.61. The molecule has 2 aromatic rings. The zero-order chi connectivity index (χ0) is 20.8. The molecule has 1 aliphatic rings. The molecule has 0 spiro atoms. The molecule has 0 bridgehead atoms. The summed E-state index contributed by atoms with van der Waals surface area (Å²) in [5, 5.41) is 3.07. The Morgan fingerprint density at radius 1 is 1.10 bits per heavy atom. The summed E-state index contributed by atoms with van der Waals surface area (Å²) >= 11 is 1.76. The number of amides is 2. The molecular weight excluding hydrogens is 388 g/mol. The van der Waals surface area contributed by atoms with Crippen molar-refractivity contribution in [3.05, 3.63) is 54.1 Å². The molecule has 0 fully saturated rings. The lowest BCUT2D eigenvalue weighted by Crippen LogP contribution is -2.38. The number of esters is 1. The molecule has 1 atom stereocenters. The van der Waals surface area contributed by atoms with Crippen molar-refractivity contribution in [1.82, 2.24) is 0 Å². The number of fused-ring (bicyclic) bond motifs is 1. The summed E-state index contributed by atoms with van der Waals surface area (Å²) in [4.78, 5) is 39.5. The summed E-state index contributed by atoms with van der Waals surface area (Å²) < 4.78 is 4.93. The lowest BCUT2D eigenvalue weighted by atomic mass is 10.2. The number of nitrogens with one attached hydrogen (secondary N) is 1. The van der Waals surface area contributed by atoms with Gasteiger partial charge >= 0.3 is 5.97 Å². The second-order valence-electron chi connectivity index (χ2n) is 6.75. The molecule has 3 rings (SSSR count). The molecule has 29 heavy (non-hydrogen) atoms. The Balaban J connectivity index is 1.54. The van der Waals surface area contributed by atoms with Gasteiger partial charge in [-0.2, -0.15) is 0 Å². The van der Waals surface area contributed by atoms with Gasteiger partial charge in [-0.15, -0.1) is 11.8 Å². The fraction of sp³-hybridized carbons (Fsp3) is 0.318. The van der Waals surface area contributed by atoms with E-state index < -0.39 is 5.97 Å². The Labute approximate surface area is 174 Å². The molecule has 6 nitrogen and oxygen atoms in total. The van der Waals surface area contributed by atoms with Crippen molar-refractivity contribution in [3.63, 3.8) is 0 Å². The first-order chi connectivity index (χ1) is 14.0. The molecule has 2 amide bonds. The molecule has 0 aromatic heterocycles. The molecule has 7 heteroatoms. The molecule has 2 aromatic carbocycles. The van der Waals surface area contributed by atoms with Crippen LogP contribution in [-0.2, 0) is 14.3 Å². The van der Waals surface area contributed by atoms with E-state index in [1.165, 1.54) is 0 Å². The normalized spacial score (nSPS) is 15.4. The van der Waals surface area contributed by atoms with Gasteiger partial charge in [0.15, 0.2) is 0 Å². The van der Waals surface area contributed by atoms with Gasteiger partial charge in [-0.05, 0) is 43.3 Å². The van der Waals surface area contributed by atoms with E-state index in [1.807, 2.05) is 24.3 Å². The molecule has 0 saturated heterocycles. The second kappa shape index (κ2) is 9.60. The average molecular weight is 413 g/mol. The first-order valence-corrected chi connectivity index (χ1v) is 10.5. The summed E-state index contributed by atoms with van der Waals surface area (Å²) in [5.74, 6) is -0.697. The molecule has 0 aliphatic carbocycles. The average Bonchev–Trinajstić information content (AvgIpc) is 2.72. The van der Waals surface area contributed by atoms with Crippen molar-refractivity contribution in [2.45, 2.75) is 36.8 Å². The Kier molecular flexibility index (Phi) is 6.93. The predicted molar refractivity (Wildman–Crippen MR) is 114 cm³/mol. The second-order valence-corrected chi connectivity index (χ2v) is 8.23. The van der Waals surface area contributed by atoms with E-state index in [4.69, 9.17) is 4.74 Å². The molecule has 1 aliphatic heterocycles. The molecular formula is C22H24N2O4S. The van der Waals surface area contributed by atoms with E-state index >= 15 is 0 Å². The number of anilines is 2. The highest BCUT2D eigenvalue weighted by Crippen LogP contribution is 2.38. The van der Waals surface area contributed by atoms with E-state index in [0.717, 1.165) is 10.6 Å². The van der Waals surface area contributed by atoms with Crippen LogP contribution in [0.25, 0.3) is 0 Å². The number of benzene rings is 2. The minimum atomic E-state index is -0.398. The van der Waals surface area contributed by atoms with Gasteiger partial charge < -0.3 is 15.0 Å². The number of thioether (sulfide) groups is 1. The maximum Gasteiger partial charge on any atom is 0.338 e. The third-order valence-corrected chi connectivity index (χ3v) is 5.62. The number of ether oxygens (including phenoxy) is 1. The van der Waals surface area contributed by atoms with Crippen LogP contribution in [0.1, 0.15) is 37.0 Å². The van der Waals surface area contributed by atoms with Crippen molar-refractivity contribution in [2.24, 2.45) is 0 Å². The monoisotopic (exact) mass is 412 g/mol. The van der Waals surface area contributed by atoms with E-state index in [9.17, 15) is 14.4 Å². The van der Waals surface area contributed by atoms with Gasteiger partial charge in [0.05, 0.1) is 17.9 Å². The van der Waals surface area contributed by atoms with Gasteiger partial charge in [-0.1, -0.05) is 19.1 Å². The molecule has 152 valence electrons. The lowest BCUT2D eigenvalue weighted by Gasteiger charge is -2.32. The maximum absolute atomic E-state index is 12.7. The SMILES string of the molecule is CCOC(=O)c1ccc(NC(=O)CCC(=O)N2C[C@H](C)Sc3ccccc32)cc1. The van der Waals surface area contributed by atoms with E-state index in [-0.39, 0.29) is 24.7 Å². The number of nitrogens with zero attached hydrogens (tertiary/aromatic N) is 1. The molecule has 1 heterocycles. The number of hydrogen-bond acceptors (Lipinski definition) is 5. The fourth-order valence-electron chi connectivity index (χ4n) is 3.11. The summed E-state index contributed by atoms with van der Waals surface area (Å²) in [5.41, 5.74) is 1.91. The Morgan fingerprint density at radius 3 is 2.55 bits per heavy atom. The highest BCUT2D eigenvalue weighted by atomic mass is 32.2. The van der Waals surface area contributed by atoms with Gasteiger partial charge in [0, 0.05) is 35.2 Å². The van der Waals surface area contributed by atoms with Crippen LogP contribution >= 0.6 is 11.8 Å². The quantitative estimate of drug-likeness (QED) is 0.723. The summed E-state index contributed by atoms with van der Waals surface area (Å²) in [7, 11) is 0. The van der Waals surface area contributed by atoms with Crippen molar-refractivity contribution >= 4 is 40.9 Å². The van der Waals surface area contributed by atoms with Crippen LogP contribution in [0.3, 0.4) is 0 Å². The van der Waals surface area contributed by atoms with Crippen LogP contribution in [-0.4, -0.2) is 36.2 Å². The van der Waals surface area contributed by atoms with E-state index in [2.05, 4.69) is 12.2 Å².